The Morgan fingerprint density at radius 3 is 3.09 bits per heavy atom. The molecule has 23 heavy (non-hydrogen) atoms. The number of pyridine rings is 1. The van der Waals surface area contributed by atoms with Crippen LogP contribution < -0.4 is 0 Å². The van der Waals surface area contributed by atoms with Crippen molar-refractivity contribution < 1.29 is 4.74 Å². The summed E-state index contributed by atoms with van der Waals surface area (Å²) in [6.07, 6.45) is 1.96. The molecule has 1 unspecified atom stereocenters. The van der Waals surface area contributed by atoms with Crippen LogP contribution >= 0.6 is 11.3 Å². The number of fused-ring (bicyclic) bond motifs is 1. The Morgan fingerprint density at radius 2 is 2.22 bits per heavy atom. The molecule has 0 aliphatic carbocycles. The highest BCUT2D eigenvalue weighted by atomic mass is 32.1. The highest BCUT2D eigenvalue weighted by molar-refractivity contribution is 7.09. The first-order valence-electron chi connectivity index (χ1n) is 7.88. The molecule has 0 bridgehead atoms. The van der Waals surface area contributed by atoms with Crippen molar-refractivity contribution in [3.05, 3.63) is 58.2 Å². The van der Waals surface area contributed by atoms with Crippen LogP contribution in [0.4, 0.5) is 0 Å². The van der Waals surface area contributed by atoms with Gasteiger partial charge in [0.1, 0.15) is 11.1 Å². The van der Waals surface area contributed by atoms with E-state index in [9.17, 15) is 0 Å². The average molecular weight is 325 g/mol. The Hall–Kier alpha value is -1.82. The number of rotatable bonds is 3. The number of ether oxygens (including phenoxy) is 1. The Kier molecular flexibility index (Phi) is 4.08. The van der Waals surface area contributed by atoms with Gasteiger partial charge in [0, 0.05) is 42.3 Å². The summed E-state index contributed by atoms with van der Waals surface area (Å²) in [5.41, 5.74) is 3.45. The molecule has 1 atom stereocenters. The molecule has 3 aromatic rings. The minimum Gasteiger partial charge on any atom is -0.368 e. The monoisotopic (exact) mass is 325 g/mol. The van der Waals surface area contributed by atoms with Crippen LogP contribution in [0.5, 0.6) is 0 Å². The van der Waals surface area contributed by atoms with Crippen molar-refractivity contribution in [3.8, 4) is 0 Å². The summed E-state index contributed by atoms with van der Waals surface area (Å²) < 4.78 is 5.92. The highest BCUT2D eigenvalue weighted by Crippen LogP contribution is 2.27. The standard InChI is InChI=1S/C18H19N3OS/c1-13-12-23-18(20-13)16-11-21(8-9-22-16)10-15-5-2-4-14-6-3-7-19-17(14)15/h2-7,12,16H,8-11H2,1H3. The number of para-hydroxylation sites is 1. The molecule has 1 aromatic carbocycles. The van der Waals surface area contributed by atoms with Gasteiger partial charge in [-0.3, -0.25) is 9.88 Å². The van der Waals surface area contributed by atoms with Crippen molar-refractivity contribution in [3.63, 3.8) is 0 Å². The van der Waals surface area contributed by atoms with Crippen LogP contribution in [0.1, 0.15) is 22.4 Å². The smallest absolute Gasteiger partial charge is 0.123 e. The van der Waals surface area contributed by atoms with Crippen molar-refractivity contribution in [2.75, 3.05) is 19.7 Å². The summed E-state index contributed by atoms with van der Waals surface area (Å²) in [7, 11) is 0. The number of benzene rings is 1. The first-order valence-corrected chi connectivity index (χ1v) is 8.76. The van der Waals surface area contributed by atoms with E-state index in [0.29, 0.717) is 0 Å². The minimum atomic E-state index is 0.0883. The molecule has 2 aromatic heterocycles. The molecule has 1 aliphatic heterocycles. The van der Waals surface area contributed by atoms with Crippen LogP contribution in [0, 0.1) is 6.92 Å². The molecule has 0 amide bonds. The maximum atomic E-state index is 5.92. The van der Waals surface area contributed by atoms with Crippen LogP contribution in [-0.4, -0.2) is 34.6 Å². The molecule has 0 N–H and O–H groups in total. The molecular weight excluding hydrogens is 306 g/mol. The van der Waals surface area contributed by atoms with Crippen LogP contribution in [0.25, 0.3) is 10.9 Å². The predicted molar refractivity (Wildman–Crippen MR) is 92.6 cm³/mol. The van der Waals surface area contributed by atoms with Gasteiger partial charge in [-0.25, -0.2) is 4.98 Å². The second kappa shape index (κ2) is 6.35. The van der Waals surface area contributed by atoms with Gasteiger partial charge in [-0.05, 0) is 18.6 Å². The fourth-order valence-corrected chi connectivity index (χ4v) is 3.89. The predicted octanol–water partition coefficient (Wildman–Crippen LogP) is 3.57. The second-order valence-corrected chi connectivity index (χ2v) is 6.80. The number of thiazole rings is 1. The number of hydrogen-bond donors (Lipinski definition) is 0. The number of aryl methyl sites for hydroxylation is 1. The lowest BCUT2D eigenvalue weighted by molar-refractivity contribution is -0.0329. The van der Waals surface area contributed by atoms with Gasteiger partial charge in [0.05, 0.1) is 12.1 Å². The largest absolute Gasteiger partial charge is 0.368 e. The van der Waals surface area contributed by atoms with Crippen LogP contribution in [-0.2, 0) is 11.3 Å². The lowest BCUT2D eigenvalue weighted by Gasteiger charge is -2.32. The maximum absolute atomic E-state index is 5.92. The van der Waals surface area contributed by atoms with Crippen LogP contribution in [0.2, 0.25) is 0 Å². The lowest BCUT2D eigenvalue weighted by atomic mass is 10.1. The van der Waals surface area contributed by atoms with E-state index in [4.69, 9.17) is 4.74 Å². The first-order chi connectivity index (χ1) is 11.3. The molecule has 0 radical (unpaired) electrons. The Bertz CT molecular complexity index is 811. The molecule has 1 aliphatic rings. The third kappa shape index (κ3) is 3.13. The summed E-state index contributed by atoms with van der Waals surface area (Å²) in [5.74, 6) is 0. The fraction of sp³-hybridized carbons (Fsp3) is 0.333. The SMILES string of the molecule is Cc1csc(C2CN(Cc3cccc4cccnc34)CCO2)n1. The molecule has 118 valence electrons. The molecule has 4 rings (SSSR count). The van der Waals surface area contributed by atoms with Crippen LogP contribution in [0.15, 0.2) is 41.9 Å². The zero-order valence-corrected chi connectivity index (χ0v) is 13.9. The summed E-state index contributed by atoms with van der Waals surface area (Å²) in [5, 5.41) is 4.38. The minimum absolute atomic E-state index is 0.0883. The maximum Gasteiger partial charge on any atom is 0.123 e. The normalized spacial score (nSPS) is 19.3. The van der Waals surface area contributed by atoms with E-state index in [2.05, 4.69) is 44.5 Å². The summed E-state index contributed by atoms with van der Waals surface area (Å²) >= 11 is 1.69. The summed E-state index contributed by atoms with van der Waals surface area (Å²) in [6.45, 7) is 5.52. The highest BCUT2D eigenvalue weighted by Gasteiger charge is 2.24. The van der Waals surface area contributed by atoms with Crippen molar-refractivity contribution in [1.29, 1.82) is 0 Å². The van der Waals surface area contributed by atoms with Gasteiger partial charge < -0.3 is 4.74 Å². The van der Waals surface area contributed by atoms with E-state index in [0.717, 1.165) is 42.5 Å². The second-order valence-electron chi connectivity index (χ2n) is 5.91. The van der Waals surface area contributed by atoms with Gasteiger partial charge in [0.25, 0.3) is 0 Å². The Balaban J connectivity index is 1.54. The third-order valence-corrected chi connectivity index (χ3v) is 5.23. The molecule has 3 heterocycles. The number of hydrogen-bond acceptors (Lipinski definition) is 5. The molecule has 5 heteroatoms. The Morgan fingerprint density at radius 1 is 1.30 bits per heavy atom. The van der Waals surface area contributed by atoms with Gasteiger partial charge in [0.15, 0.2) is 0 Å². The summed E-state index contributed by atoms with van der Waals surface area (Å²) in [6, 6.07) is 10.5. The quantitative estimate of drug-likeness (QED) is 0.738. The Labute approximate surface area is 139 Å². The van der Waals surface area contributed by atoms with Gasteiger partial charge in [-0.15, -0.1) is 11.3 Å². The van der Waals surface area contributed by atoms with E-state index >= 15 is 0 Å². The van der Waals surface area contributed by atoms with E-state index in [1.54, 1.807) is 11.3 Å². The number of aromatic nitrogens is 2. The molecule has 0 spiro atoms. The van der Waals surface area contributed by atoms with E-state index in [1.165, 1.54) is 10.9 Å². The van der Waals surface area contributed by atoms with Gasteiger partial charge >= 0.3 is 0 Å². The van der Waals surface area contributed by atoms with E-state index in [-0.39, 0.29) is 6.10 Å². The number of morpholine rings is 1. The fourth-order valence-electron chi connectivity index (χ4n) is 3.05. The molecule has 0 saturated carbocycles. The van der Waals surface area contributed by atoms with Crippen molar-refractivity contribution in [1.82, 2.24) is 14.9 Å². The zero-order chi connectivity index (χ0) is 15.6. The van der Waals surface area contributed by atoms with E-state index in [1.807, 2.05) is 19.2 Å². The molecule has 1 fully saturated rings. The lowest BCUT2D eigenvalue weighted by Crippen LogP contribution is -2.37. The van der Waals surface area contributed by atoms with E-state index < -0.39 is 0 Å². The number of nitrogens with zero attached hydrogens (tertiary/aromatic N) is 3. The van der Waals surface area contributed by atoms with Gasteiger partial charge in [-0.1, -0.05) is 24.3 Å². The molecule has 4 nitrogen and oxygen atoms in total. The molecular formula is C18H19N3OS. The summed E-state index contributed by atoms with van der Waals surface area (Å²) in [4.78, 5) is 11.6. The topological polar surface area (TPSA) is 38.2 Å². The third-order valence-electron chi connectivity index (χ3n) is 4.17. The first kappa shape index (κ1) is 14.8. The van der Waals surface area contributed by atoms with Gasteiger partial charge in [-0.2, -0.15) is 0 Å². The van der Waals surface area contributed by atoms with Crippen LogP contribution in [0.3, 0.4) is 0 Å². The average Bonchev–Trinajstić information content (AvgIpc) is 3.02. The molecule has 1 saturated heterocycles. The van der Waals surface area contributed by atoms with Gasteiger partial charge in [0.2, 0.25) is 0 Å². The van der Waals surface area contributed by atoms with Crippen molar-refractivity contribution >= 4 is 22.2 Å². The van der Waals surface area contributed by atoms with Crippen molar-refractivity contribution in [2.24, 2.45) is 0 Å². The zero-order valence-electron chi connectivity index (χ0n) is 13.1. The van der Waals surface area contributed by atoms with Crippen molar-refractivity contribution in [2.45, 2.75) is 19.6 Å².